The van der Waals surface area contributed by atoms with E-state index in [0.717, 1.165) is 24.0 Å². The van der Waals surface area contributed by atoms with Crippen molar-refractivity contribution in [3.05, 3.63) is 39.2 Å². The molecule has 0 bridgehead atoms. The number of rotatable bonds is 4. The average Bonchev–Trinajstić information content (AvgIpc) is 2.97. The van der Waals surface area contributed by atoms with Crippen LogP contribution in [0.25, 0.3) is 0 Å². The highest BCUT2D eigenvalue weighted by Gasteiger charge is 2.06. The molecular formula is C14H20N4OS. The summed E-state index contributed by atoms with van der Waals surface area (Å²) in [4.78, 5) is 11.1. The molecule has 2 N–H and O–H groups in total. The van der Waals surface area contributed by atoms with E-state index in [1.165, 1.54) is 9.75 Å². The molecule has 0 saturated heterocycles. The fourth-order valence-corrected chi connectivity index (χ4v) is 2.58. The van der Waals surface area contributed by atoms with E-state index in [-0.39, 0.29) is 0 Å². The van der Waals surface area contributed by atoms with E-state index in [9.17, 15) is 0 Å². The maximum atomic E-state index is 5.52. The first kappa shape index (κ1) is 14.6. The fourth-order valence-electron chi connectivity index (χ4n) is 1.75. The van der Waals surface area contributed by atoms with Crippen LogP contribution in [0.3, 0.4) is 0 Å². The Balaban J connectivity index is 1.83. The van der Waals surface area contributed by atoms with Crippen LogP contribution < -0.4 is 10.6 Å². The van der Waals surface area contributed by atoms with Gasteiger partial charge in [-0.05, 0) is 32.9 Å². The largest absolute Gasteiger partial charge is 0.444 e. The maximum Gasteiger partial charge on any atom is 0.214 e. The van der Waals surface area contributed by atoms with E-state index in [2.05, 4.69) is 39.7 Å². The van der Waals surface area contributed by atoms with Crippen molar-refractivity contribution in [3.63, 3.8) is 0 Å². The second-order valence-corrected chi connectivity index (χ2v) is 5.91. The lowest BCUT2D eigenvalue weighted by atomic mass is 10.4. The molecule has 20 heavy (non-hydrogen) atoms. The number of oxazole rings is 1. The van der Waals surface area contributed by atoms with Crippen molar-refractivity contribution in [2.45, 2.75) is 33.9 Å². The van der Waals surface area contributed by atoms with E-state index in [4.69, 9.17) is 4.42 Å². The number of thiophene rings is 1. The smallest absolute Gasteiger partial charge is 0.214 e. The first-order chi connectivity index (χ1) is 9.58. The van der Waals surface area contributed by atoms with Crippen molar-refractivity contribution in [1.29, 1.82) is 0 Å². The van der Waals surface area contributed by atoms with Crippen LogP contribution in [0.4, 0.5) is 0 Å². The molecule has 0 atom stereocenters. The molecule has 0 unspecified atom stereocenters. The molecule has 0 spiro atoms. The SMILES string of the molecule is CN=C(NCc1nc(C)c(C)o1)NCc1ccc(C)s1. The van der Waals surface area contributed by atoms with Crippen molar-refractivity contribution in [2.75, 3.05) is 7.05 Å². The summed E-state index contributed by atoms with van der Waals surface area (Å²) in [5.41, 5.74) is 0.929. The molecule has 2 aromatic rings. The Morgan fingerprint density at radius 3 is 2.55 bits per heavy atom. The van der Waals surface area contributed by atoms with Gasteiger partial charge in [0.05, 0.1) is 18.8 Å². The van der Waals surface area contributed by atoms with Gasteiger partial charge in [0.15, 0.2) is 5.96 Å². The van der Waals surface area contributed by atoms with Gasteiger partial charge < -0.3 is 15.1 Å². The van der Waals surface area contributed by atoms with Gasteiger partial charge in [0, 0.05) is 16.8 Å². The van der Waals surface area contributed by atoms with Crippen LogP contribution in [0.15, 0.2) is 21.5 Å². The Morgan fingerprint density at radius 2 is 2.00 bits per heavy atom. The van der Waals surface area contributed by atoms with Gasteiger partial charge >= 0.3 is 0 Å². The van der Waals surface area contributed by atoms with Gasteiger partial charge in [-0.25, -0.2) is 4.98 Å². The maximum absolute atomic E-state index is 5.52. The molecule has 2 aromatic heterocycles. The summed E-state index contributed by atoms with van der Waals surface area (Å²) in [7, 11) is 1.75. The third kappa shape index (κ3) is 3.84. The zero-order chi connectivity index (χ0) is 14.5. The standard InChI is InChI=1S/C14H20N4OS/c1-9-5-6-12(20-9)7-16-14(15-4)17-8-13-18-10(2)11(3)19-13/h5-6H,7-8H2,1-4H3,(H2,15,16,17). The Hall–Kier alpha value is -1.82. The van der Waals surface area contributed by atoms with Gasteiger partial charge in [-0.2, -0.15) is 0 Å². The lowest BCUT2D eigenvalue weighted by Gasteiger charge is -2.09. The van der Waals surface area contributed by atoms with Crippen LogP contribution in [0.2, 0.25) is 0 Å². The summed E-state index contributed by atoms with van der Waals surface area (Å²) in [5.74, 6) is 2.28. The Morgan fingerprint density at radius 1 is 1.25 bits per heavy atom. The number of nitrogens with zero attached hydrogens (tertiary/aromatic N) is 2. The molecule has 0 aromatic carbocycles. The minimum atomic E-state index is 0.526. The van der Waals surface area contributed by atoms with Gasteiger partial charge in [-0.3, -0.25) is 4.99 Å². The van der Waals surface area contributed by atoms with Crippen molar-refractivity contribution in [1.82, 2.24) is 15.6 Å². The van der Waals surface area contributed by atoms with E-state index >= 15 is 0 Å². The van der Waals surface area contributed by atoms with Gasteiger partial charge in [-0.15, -0.1) is 11.3 Å². The highest BCUT2D eigenvalue weighted by atomic mass is 32.1. The minimum Gasteiger partial charge on any atom is -0.444 e. The van der Waals surface area contributed by atoms with Crippen molar-refractivity contribution in [2.24, 2.45) is 4.99 Å². The number of hydrogen-bond acceptors (Lipinski definition) is 4. The Labute approximate surface area is 123 Å². The van der Waals surface area contributed by atoms with Crippen LogP contribution in [0.1, 0.15) is 27.1 Å². The molecule has 0 amide bonds. The monoisotopic (exact) mass is 292 g/mol. The lowest BCUT2D eigenvalue weighted by Crippen LogP contribution is -2.36. The summed E-state index contributed by atoms with van der Waals surface area (Å²) < 4.78 is 5.52. The highest BCUT2D eigenvalue weighted by molar-refractivity contribution is 7.11. The quantitative estimate of drug-likeness (QED) is 0.671. The molecule has 0 fully saturated rings. The fraction of sp³-hybridized carbons (Fsp3) is 0.429. The third-order valence-electron chi connectivity index (χ3n) is 2.93. The van der Waals surface area contributed by atoms with Crippen LogP contribution in [-0.2, 0) is 13.1 Å². The first-order valence-electron chi connectivity index (χ1n) is 6.51. The molecule has 2 heterocycles. The molecule has 108 valence electrons. The van der Waals surface area contributed by atoms with Crippen molar-refractivity contribution < 1.29 is 4.42 Å². The van der Waals surface area contributed by atoms with Crippen LogP contribution >= 0.6 is 11.3 Å². The summed E-state index contributed by atoms with van der Waals surface area (Å²) in [6, 6.07) is 4.25. The van der Waals surface area contributed by atoms with E-state index < -0.39 is 0 Å². The molecule has 5 nitrogen and oxygen atoms in total. The molecular weight excluding hydrogens is 272 g/mol. The zero-order valence-corrected chi connectivity index (χ0v) is 13.1. The molecule has 0 aliphatic carbocycles. The number of hydrogen-bond donors (Lipinski definition) is 2. The molecule has 0 aliphatic heterocycles. The van der Waals surface area contributed by atoms with E-state index in [0.29, 0.717) is 12.4 Å². The Bertz CT molecular complexity index is 581. The average molecular weight is 292 g/mol. The molecule has 2 rings (SSSR count). The predicted molar refractivity (Wildman–Crippen MR) is 82.1 cm³/mol. The third-order valence-corrected chi connectivity index (χ3v) is 3.93. The van der Waals surface area contributed by atoms with Gasteiger partial charge in [0.25, 0.3) is 0 Å². The molecule has 0 aliphatic rings. The molecule has 0 saturated carbocycles. The first-order valence-corrected chi connectivity index (χ1v) is 7.33. The van der Waals surface area contributed by atoms with Gasteiger partial charge in [-0.1, -0.05) is 0 Å². The number of aromatic nitrogens is 1. The molecule has 0 radical (unpaired) electrons. The topological polar surface area (TPSA) is 62.5 Å². The highest BCUT2D eigenvalue weighted by Crippen LogP contribution is 2.14. The van der Waals surface area contributed by atoms with Crippen LogP contribution in [0.5, 0.6) is 0 Å². The number of aryl methyl sites for hydroxylation is 3. The zero-order valence-electron chi connectivity index (χ0n) is 12.3. The summed E-state index contributed by atoms with van der Waals surface area (Å²) in [5, 5.41) is 6.46. The second kappa shape index (κ2) is 6.56. The van der Waals surface area contributed by atoms with Crippen molar-refractivity contribution >= 4 is 17.3 Å². The van der Waals surface area contributed by atoms with Crippen LogP contribution in [0, 0.1) is 20.8 Å². The Kier molecular flexibility index (Phi) is 4.79. The van der Waals surface area contributed by atoms with Crippen molar-refractivity contribution in [3.8, 4) is 0 Å². The number of nitrogens with one attached hydrogen (secondary N) is 2. The molecule has 6 heteroatoms. The second-order valence-electron chi connectivity index (χ2n) is 4.54. The predicted octanol–water partition coefficient (Wildman–Crippen LogP) is 2.53. The normalized spacial score (nSPS) is 11.7. The van der Waals surface area contributed by atoms with E-state index in [1.54, 1.807) is 18.4 Å². The van der Waals surface area contributed by atoms with Crippen LogP contribution in [-0.4, -0.2) is 18.0 Å². The summed E-state index contributed by atoms with van der Waals surface area (Å²) in [6.07, 6.45) is 0. The van der Waals surface area contributed by atoms with Gasteiger partial charge in [0.1, 0.15) is 5.76 Å². The number of aliphatic imine (C=N–C) groups is 1. The van der Waals surface area contributed by atoms with E-state index in [1.807, 2.05) is 13.8 Å². The lowest BCUT2D eigenvalue weighted by molar-refractivity contribution is 0.463. The minimum absolute atomic E-state index is 0.526. The number of guanidine groups is 1. The summed E-state index contributed by atoms with van der Waals surface area (Å²) >= 11 is 1.78. The summed E-state index contributed by atoms with van der Waals surface area (Å²) in [6.45, 7) is 7.25. The van der Waals surface area contributed by atoms with Gasteiger partial charge in [0.2, 0.25) is 5.89 Å².